The Morgan fingerprint density at radius 2 is 1.85 bits per heavy atom. The zero-order chi connectivity index (χ0) is 15.0. The normalized spacial score (nSPS) is 20.6. The molecule has 1 amide bonds. The summed E-state index contributed by atoms with van der Waals surface area (Å²) in [5.74, 6) is 0.186. The molecule has 0 saturated carbocycles. The van der Waals surface area contributed by atoms with E-state index in [0.717, 1.165) is 45.3 Å². The smallest absolute Gasteiger partial charge is 0.237 e. The minimum atomic E-state index is 0.00133. The topological polar surface area (TPSA) is 44.4 Å². The Bertz CT molecular complexity index is 275. The highest BCUT2D eigenvalue weighted by Gasteiger charge is 2.26. The van der Waals surface area contributed by atoms with Crippen LogP contribution in [0.4, 0.5) is 0 Å². The molecular weight excluding hydrogens is 250 g/mol. The molecule has 2 unspecified atom stereocenters. The van der Waals surface area contributed by atoms with Crippen molar-refractivity contribution in [3.8, 4) is 0 Å². The molecule has 0 aromatic rings. The van der Waals surface area contributed by atoms with Crippen molar-refractivity contribution in [1.29, 1.82) is 0 Å². The second-order valence-electron chi connectivity index (χ2n) is 6.14. The number of hydrogen-bond donors (Lipinski definition) is 2. The zero-order valence-corrected chi connectivity index (χ0v) is 13.7. The van der Waals surface area contributed by atoms with Gasteiger partial charge in [-0.2, -0.15) is 0 Å². The van der Waals surface area contributed by atoms with Crippen LogP contribution in [0.2, 0.25) is 0 Å². The SMILES string of the molecule is CCCNC1CCN(C(C)C(=O)NC(C)CCC)CC1. The fourth-order valence-corrected chi connectivity index (χ4v) is 2.87. The van der Waals surface area contributed by atoms with Crippen LogP contribution in [0.5, 0.6) is 0 Å². The minimum Gasteiger partial charge on any atom is -0.352 e. The van der Waals surface area contributed by atoms with Gasteiger partial charge in [-0.15, -0.1) is 0 Å². The van der Waals surface area contributed by atoms with Crippen LogP contribution in [-0.2, 0) is 4.79 Å². The number of hydrogen-bond acceptors (Lipinski definition) is 3. The summed E-state index contributed by atoms with van der Waals surface area (Å²) in [6.45, 7) is 11.6. The molecule has 2 N–H and O–H groups in total. The number of carbonyl (C=O) groups excluding carboxylic acids is 1. The van der Waals surface area contributed by atoms with E-state index >= 15 is 0 Å². The standard InChI is InChI=1S/C16H33N3O/c1-5-7-13(3)18-16(20)14(4)19-11-8-15(9-12-19)17-10-6-2/h13-15,17H,5-12H2,1-4H3,(H,18,20). The van der Waals surface area contributed by atoms with Gasteiger partial charge in [0.15, 0.2) is 0 Å². The fourth-order valence-electron chi connectivity index (χ4n) is 2.87. The molecule has 1 aliphatic rings. The first kappa shape index (κ1) is 17.4. The molecule has 1 heterocycles. The van der Waals surface area contributed by atoms with Crippen LogP contribution >= 0.6 is 0 Å². The van der Waals surface area contributed by atoms with Gasteiger partial charge in [0.1, 0.15) is 0 Å². The molecule has 1 fully saturated rings. The lowest BCUT2D eigenvalue weighted by Gasteiger charge is -2.36. The Kier molecular flexibility index (Phi) is 8.15. The molecule has 4 nitrogen and oxygen atoms in total. The van der Waals surface area contributed by atoms with E-state index in [1.807, 2.05) is 6.92 Å². The van der Waals surface area contributed by atoms with Gasteiger partial charge in [0, 0.05) is 25.2 Å². The molecule has 0 aromatic heterocycles. The van der Waals surface area contributed by atoms with Crippen molar-refractivity contribution < 1.29 is 4.79 Å². The molecule has 0 radical (unpaired) electrons. The lowest BCUT2D eigenvalue weighted by atomic mass is 10.0. The Hall–Kier alpha value is -0.610. The van der Waals surface area contributed by atoms with Gasteiger partial charge in [-0.3, -0.25) is 9.69 Å². The zero-order valence-electron chi connectivity index (χ0n) is 13.7. The van der Waals surface area contributed by atoms with Crippen molar-refractivity contribution in [3.63, 3.8) is 0 Å². The monoisotopic (exact) mass is 283 g/mol. The summed E-state index contributed by atoms with van der Waals surface area (Å²) in [5, 5.41) is 6.71. The molecule has 2 atom stereocenters. The van der Waals surface area contributed by atoms with E-state index in [2.05, 4.69) is 36.3 Å². The molecule has 1 aliphatic heterocycles. The van der Waals surface area contributed by atoms with Crippen LogP contribution < -0.4 is 10.6 Å². The Morgan fingerprint density at radius 3 is 2.40 bits per heavy atom. The number of nitrogens with one attached hydrogen (secondary N) is 2. The predicted molar refractivity (Wildman–Crippen MR) is 84.9 cm³/mol. The number of amides is 1. The van der Waals surface area contributed by atoms with E-state index in [4.69, 9.17) is 0 Å². The molecule has 0 aromatic carbocycles. The molecule has 118 valence electrons. The van der Waals surface area contributed by atoms with Gasteiger partial charge < -0.3 is 10.6 Å². The third-order valence-corrected chi connectivity index (χ3v) is 4.25. The van der Waals surface area contributed by atoms with E-state index < -0.39 is 0 Å². The van der Waals surface area contributed by atoms with Gasteiger partial charge in [-0.05, 0) is 46.1 Å². The number of carbonyl (C=O) groups is 1. The number of rotatable bonds is 8. The van der Waals surface area contributed by atoms with Gasteiger partial charge in [-0.1, -0.05) is 20.3 Å². The van der Waals surface area contributed by atoms with Crippen LogP contribution in [-0.4, -0.2) is 48.6 Å². The molecule has 0 aliphatic carbocycles. The van der Waals surface area contributed by atoms with Crippen molar-refractivity contribution in [2.24, 2.45) is 0 Å². The number of likely N-dealkylation sites (tertiary alicyclic amines) is 1. The van der Waals surface area contributed by atoms with E-state index in [1.165, 1.54) is 6.42 Å². The molecule has 20 heavy (non-hydrogen) atoms. The summed E-state index contributed by atoms with van der Waals surface area (Å²) in [7, 11) is 0. The average Bonchev–Trinajstić information content (AvgIpc) is 2.45. The van der Waals surface area contributed by atoms with Gasteiger partial charge in [0.2, 0.25) is 5.91 Å². The summed E-state index contributed by atoms with van der Waals surface area (Å²) >= 11 is 0. The largest absolute Gasteiger partial charge is 0.352 e. The highest BCUT2D eigenvalue weighted by Crippen LogP contribution is 2.13. The van der Waals surface area contributed by atoms with Crippen LogP contribution in [0.15, 0.2) is 0 Å². The summed E-state index contributed by atoms with van der Waals surface area (Å²) in [5.41, 5.74) is 0. The maximum absolute atomic E-state index is 12.2. The quantitative estimate of drug-likeness (QED) is 0.717. The Labute approximate surface area is 124 Å². The summed E-state index contributed by atoms with van der Waals surface area (Å²) < 4.78 is 0. The molecule has 0 spiro atoms. The second kappa shape index (κ2) is 9.35. The van der Waals surface area contributed by atoms with E-state index in [-0.39, 0.29) is 11.9 Å². The maximum Gasteiger partial charge on any atom is 0.237 e. The van der Waals surface area contributed by atoms with Gasteiger partial charge in [0.25, 0.3) is 0 Å². The Balaban J connectivity index is 2.30. The third-order valence-electron chi connectivity index (χ3n) is 4.25. The van der Waals surface area contributed by atoms with Crippen molar-refractivity contribution in [3.05, 3.63) is 0 Å². The molecule has 0 bridgehead atoms. The average molecular weight is 283 g/mol. The van der Waals surface area contributed by atoms with E-state index in [9.17, 15) is 4.79 Å². The first-order valence-electron chi connectivity index (χ1n) is 8.36. The first-order chi connectivity index (χ1) is 9.58. The Morgan fingerprint density at radius 1 is 1.20 bits per heavy atom. The minimum absolute atomic E-state index is 0.00133. The van der Waals surface area contributed by atoms with Crippen LogP contribution in [0, 0.1) is 0 Å². The van der Waals surface area contributed by atoms with Gasteiger partial charge in [0.05, 0.1) is 6.04 Å². The van der Waals surface area contributed by atoms with Crippen LogP contribution in [0.25, 0.3) is 0 Å². The fraction of sp³-hybridized carbons (Fsp3) is 0.938. The first-order valence-corrected chi connectivity index (χ1v) is 8.36. The van der Waals surface area contributed by atoms with Crippen molar-refractivity contribution in [1.82, 2.24) is 15.5 Å². The van der Waals surface area contributed by atoms with Crippen LogP contribution in [0.1, 0.15) is 59.8 Å². The summed E-state index contributed by atoms with van der Waals surface area (Å²) in [4.78, 5) is 14.5. The molecule has 4 heteroatoms. The van der Waals surface area contributed by atoms with Gasteiger partial charge in [-0.25, -0.2) is 0 Å². The van der Waals surface area contributed by atoms with Crippen molar-refractivity contribution in [2.75, 3.05) is 19.6 Å². The summed E-state index contributed by atoms with van der Waals surface area (Å²) in [6, 6.07) is 0.931. The highest BCUT2D eigenvalue weighted by atomic mass is 16.2. The lowest BCUT2D eigenvalue weighted by molar-refractivity contribution is -0.127. The molecular formula is C16H33N3O. The molecule has 1 rings (SSSR count). The van der Waals surface area contributed by atoms with Crippen molar-refractivity contribution in [2.45, 2.75) is 77.9 Å². The second-order valence-corrected chi connectivity index (χ2v) is 6.14. The highest BCUT2D eigenvalue weighted by molar-refractivity contribution is 5.81. The van der Waals surface area contributed by atoms with Gasteiger partial charge >= 0.3 is 0 Å². The molecule has 1 saturated heterocycles. The number of nitrogens with zero attached hydrogens (tertiary/aromatic N) is 1. The van der Waals surface area contributed by atoms with E-state index in [1.54, 1.807) is 0 Å². The lowest BCUT2D eigenvalue weighted by Crippen LogP contribution is -2.52. The predicted octanol–water partition coefficient (Wildman–Crippen LogP) is 2.14. The van der Waals surface area contributed by atoms with Crippen LogP contribution in [0.3, 0.4) is 0 Å². The summed E-state index contributed by atoms with van der Waals surface area (Å²) in [6.07, 6.45) is 5.67. The number of piperidine rings is 1. The van der Waals surface area contributed by atoms with E-state index in [0.29, 0.717) is 12.1 Å². The van der Waals surface area contributed by atoms with Crippen molar-refractivity contribution >= 4 is 5.91 Å². The third kappa shape index (κ3) is 5.80. The maximum atomic E-state index is 12.2.